The quantitative estimate of drug-likeness (QED) is 0.899. The lowest BCUT2D eigenvalue weighted by molar-refractivity contribution is 0.195. The van der Waals surface area contributed by atoms with Crippen LogP contribution in [-0.4, -0.2) is 48.6 Å². The van der Waals surface area contributed by atoms with Crippen LogP contribution in [0.5, 0.6) is 0 Å². The van der Waals surface area contributed by atoms with Gasteiger partial charge in [-0.05, 0) is 45.0 Å². The van der Waals surface area contributed by atoms with E-state index in [0.29, 0.717) is 12.6 Å². The number of likely N-dealkylation sites (tertiary alicyclic amines) is 1. The van der Waals surface area contributed by atoms with Crippen molar-refractivity contribution in [1.82, 2.24) is 15.1 Å². The summed E-state index contributed by atoms with van der Waals surface area (Å²) in [5.74, 6) is 1.69. The average molecular weight is 279 g/mol. The Kier molecular flexibility index (Phi) is 5.06. The molecule has 1 aromatic heterocycles. The zero-order valence-electron chi connectivity index (χ0n) is 12.7. The van der Waals surface area contributed by atoms with Crippen molar-refractivity contribution in [2.24, 2.45) is 0 Å². The second-order valence-electron chi connectivity index (χ2n) is 5.48. The van der Waals surface area contributed by atoms with Gasteiger partial charge in [0.25, 0.3) is 0 Å². The molecule has 5 nitrogen and oxygen atoms in total. The summed E-state index contributed by atoms with van der Waals surface area (Å²) in [7, 11) is 1.79. The van der Waals surface area contributed by atoms with Crippen LogP contribution in [0.25, 0.3) is 0 Å². The van der Waals surface area contributed by atoms with Crippen molar-refractivity contribution in [2.75, 3.05) is 26.7 Å². The molecule has 2 amide bonds. The van der Waals surface area contributed by atoms with Gasteiger partial charge in [0, 0.05) is 19.6 Å². The molecule has 0 aromatic carbocycles. The fraction of sp³-hybridized carbons (Fsp3) is 0.667. The van der Waals surface area contributed by atoms with Crippen LogP contribution < -0.4 is 5.32 Å². The molecule has 20 heavy (non-hydrogen) atoms. The third kappa shape index (κ3) is 3.76. The van der Waals surface area contributed by atoms with Crippen molar-refractivity contribution in [3.05, 3.63) is 23.7 Å². The zero-order chi connectivity index (χ0) is 14.5. The van der Waals surface area contributed by atoms with E-state index in [2.05, 4.69) is 17.1 Å². The van der Waals surface area contributed by atoms with Gasteiger partial charge in [0.05, 0.1) is 6.54 Å². The molecular weight excluding hydrogens is 254 g/mol. The summed E-state index contributed by atoms with van der Waals surface area (Å²) in [6.45, 7) is 7.52. The lowest BCUT2D eigenvalue weighted by atomic mass is 10.2. The molecule has 1 atom stereocenters. The summed E-state index contributed by atoms with van der Waals surface area (Å²) >= 11 is 0. The van der Waals surface area contributed by atoms with Crippen LogP contribution in [0.2, 0.25) is 0 Å². The molecule has 5 heteroatoms. The van der Waals surface area contributed by atoms with Gasteiger partial charge in [0.15, 0.2) is 0 Å². The van der Waals surface area contributed by atoms with Gasteiger partial charge in [-0.25, -0.2) is 4.79 Å². The Morgan fingerprint density at radius 2 is 2.35 bits per heavy atom. The molecule has 0 saturated carbocycles. The number of aryl methyl sites for hydroxylation is 1. The highest BCUT2D eigenvalue weighted by atomic mass is 16.3. The Bertz CT molecular complexity index is 444. The average Bonchev–Trinajstić information content (AvgIpc) is 3.04. The zero-order valence-corrected chi connectivity index (χ0v) is 12.7. The van der Waals surface area contributed by atoms with Crippen molar-refractivity contribution in [1.29, 1.82) is 0 Å². The van der Waals surface area contributed by atoms with Crippen LogP contribution >= 0.6 is 0 Å². The van der Waals surface area contributed by atoms with Crippen LogP contribution in [-0.2, 0) is 6.54 Å². The maximum Gasteiger partial charge on any atom is 0.317 e. The van der Waals surface area contributed by atoms with E-state index in [9.17, 15) is 4.79 Å². The second-order valence-corrected chi connectivity index (χ2v) is 5.48. The molecule has 1 aromatic rings. The normalized spacial score (nSPS) is 19.2. The molecule has 1 fully saturated rings. The van der Waals surface area contributed by atoms with Crippen molar-refractivity contribution in [2.45, 2.75) is 39.3 Å². The molecule has 1 aliphatic rings. The molecule has 0 radical (unpaired) electrons. The van der Waals surface area contributed by atoms with Crippen molar-refractivity contribution in [3.63, 3.8) is 0 Å². The van der Waals surface area contributed by atoms with Crippen LogP contribution in [0.4, 0.5) is 4.79 Å². The van der Waals surface area contributed by atoms with Crippen molar-refractivity contribution < 1.29 is 9.21 Å². The van der Waals surface area contributed by atoms with E-state index in [4.69, 9.17) is 4.42 Å². The summed E-state index contributed by atoms with van der Waals surface area (Å²) in [4.78, 5) is 16.1. The minimum absolute atomic E-state index is 0.0398. The third-order valence-electron chi connectivity index (χ3n) is 3.93. The van der Waals surface area contributed by atoms with Gasteiger partial charge >= 0.3 is 6.03 Å². The van der Waals surface area contributed by atoms with E-state index in [0.717, 1.165) is 31.2 Å². The largest absolute Gasteiger partial charge is 0.464 e. The van der Waals surface area contributed by atoms with Gasteiger partial charge in [0.1, 0.15) is 11.5 Å². The first-order chi connectivity index (χ1) is 9.60. The van der Waals surface area contributed by atoms with E-state index in [1.165, 1.54) is 12.8 Å². The highest BCUT2D eigenvalue weighted by Gasteiger charge is 2.23. The highest BCUT2D eigenvalue weighted by molar-refractivity contribution is 5.73. The van der Waals surface area contributed by atoms with Crippen molar-refractivity contribution in [3.8, 4) is 0 Å². The molecular formula is C15H25N3O2. The molecule has 112 valence electrons. The second kappa shape index (κ2) is 6.79. The van der Waals surface area contributed by atoms with Crippen LogP contribution in [0.3, 0.4) is 0 Å². The minimum atomic E-state index is -0.0398. The number of nitrogens with zero attached hydrogens (tertiary/aromatic N) is 2. The van der Waals surface area contributed by atoms with Gasteiger partial charge in [-0.15, -0.1) is 0 Å². The molecule has 2 rings (SSSR count). The Labute approximate surface area is 120 Å². The van der Waals surface area contributed by atoms with E-state index in [-0.39, 0.29) is 6.03 Å². The van der Waals surface area contributed by atoms with Crippen molar-refractivity contribution >= 4 is 6.03 Å². The maximum absolute atomic E-state index is 12.1. The third-order valence-corrected chi connectivity index (χ3v) is 3.93. The van der Waals surface area contributed by atoms with Gasteiger partial charge in [-0.2, -0.15) is 0 Å². The SMILES string of the molecule is CCN1CCC[C@H]1CNC(=O)N(C)Cc1ccc(C)o1. The van der Waals surface area contributed by atoms with E-state index >= 15 is 0 Å². The number of urea groups is 1. The Balaban J connectivity index is 1.76. The fourth-order valence-electron chi connectivity index (χ4n) is 2.76. The summed E-state index contributed by atoms with van der Waals surface area (Å²) < 4.78 is 5.49. The molecule has 0 unspecified atom stereocenters. The topological polar surface area (TPSA) is 48.7 Å². The molecule has 1 N–H and O–H groups in total. The Hall–Kier alpha value is -1.49. The molecule has 1 saturated heterocycles. The van der Waals surface area contributed by atoms with Gasteiger partial charge in [-0.1, -0.05) is 6.92 Å². The minimum Gasteiger partial charge on any atom is -0.464 e. The molecule has 0 bridgehead atoms. The summed E-state index contributed by atoms with van der Waals surface area (Å²) in [5, 5.41) is 3.02. The number of hydrogen-bond donors (Lipinski definition) is 1. The highest BCUT2D eigenvalue weighted by Crippen LogP contribution is 2.15. The number of carbonyl (C=O) groups is 1. The summed E-state index contributed by atoms with van der Waals surface area (Å²) in [6, 6.07) is 4.28. The number of nitrogens with one attached hydrogen (secondary N) is 1. The maximum atomic E-state index is 12.1. The van der Waals surface area contributed by atoms with E-state index in [1.54, 1.807) is 11.9 Å². The molecule has 0 aliphatic carbocycles. The molecule has 2 heterocycles. The first-order valence-electron chi connectivity index (χ1n) is 7.38. The number of rotatable bonds is 5. The number of likely N-dealkylation sites (N-methyl/N-ethyl adjacent to an activating group) is 1. The molecule has 1 aliphatic heterocycles. The van der Waals surface area contributed by atoms with Crippen LogP contribution in [0.1, 0.15) is 31.3 Å². The predicted octanol–water partition coefficient (Wildman–Crippen LogP) is 2.21. The number of furan rings is 1. The predicted molar refractivity (Wildman–Crippen MR) is 78.6 cm³/mol. The summed E-state index contributed by atoms with van der Waals surface area (Å²) in [6.07, 6.45) is 2.41. The van der Waals surface area contributed by atoms with E-state index < -0.39 is 0 Å². The van der Waals surface area contributed by atoms with Crippen LogP contribution in [0.15, 0.2) is 16.5 Å². The van der Waals surface area contributed by atoms with E-state index in [1.807, 2.05) is 19.1 Å². The standard InChI is InChI=1S/C15H25N3O2/c1-4-18-9-5-6-13(18)10-16-15(19)17(3)11-14-8-7-12(2)20-14/h7-8,13H,4-6,9-11H2,1-3H3,(H,16,19)/t13-/m0/s1. The number of amides is 2. The van der Waals surface area contributed by atoms with Gasteiger partial charge in [0.2, 0.25) is 0 Å². The lowest BCUT2D eigenvalue weighted by Gasteiger charge is -2.24. The lowest BCUT2D eigenvalue weighted by Crippen LogP contribution is -2.44. The van der Waals surface area contributed by atoms with Gasteiger partial charge < -0.3 is 14.6 Å². The molecule has 0 spiro atoms. The first kappa shape index (κ1) is 14.9. The first-order valence-corrected chi connectivity index (χ1v) is 7.38. The van der Waals surface area contributed by atoms with Gasteiger partial charge in [-0.3, -0.25) is 4.90 Å². The Morgan fingerprint density at radius 1 is 1.55 bits per heavy atom. The van der Waals surface area contributed by atoms with Crippen LogP contribution in [0, 0.1) is 6.92 Å². The smallest absolute Gasteiger partial charge is 0.317 e. The Morgan fingerprint density at radius 3 is 3.00 bits per heavy atom. The number of hydrogen-bond acceptors (Lipinski definition) is 3. The fourth-order valence-corrected chi connectivity index (χ4v) is 2.76. The number of carbonyl (C=O) groups excluding carboxylic acids is 1. The summed E-state index contributed by atoms with van der Waals surface area (Å²) in [5.41, 5.74) is 0. The monoisotopic (exact) mass is 279 g/mol.